The Bertz CT molecular complexity index is 1650. The highest BCUT2D eigenvalue weighted by Gasteiger charge is 2.48. The van der Waals surface area contributed by atoms with Crippen molar-refractivity contribution in [2.75, 3.05) is 44.2 Å². The van der Waals surface area contributed by atoms with Crippen molar-refractivity contribution < 1.29 is 44.9 Å². The summed E-state index contributed by atoms with van der Waals surface area (Å²) in [5.41, 5.74) is 4.75. The zero-order valence-electron chi connectivity index (χ0n) is 26.3. The Kier molecular flexibility index (Phi) is 10.1. The molecule has 246 valence electrons. The van der Waals surface area contributed by atoms with Crippen LogP contribution in [0.2, 0.25) is 0 Å². The molecule has 1 N–H and O–H groups in total. The number of aliphatic hydroxyl groups excluding tert-OH is 1. The second kappa shape index (κ2) is 14.2. The van der Waals surface area contributed by atoms with Crippen LogP contribution in [0, 0.1) is 17.6 Å². The van der Waals surface area contributed by atoms with Gasteiger partial charge in [-0.25, -0.2) is 8.78 Å². The van der Waals surface area contributed by atoms with Crippen LogP contribution in [-0.4, -0.2) is 59.7 Å². The molecule has 0 saturated carbocycles. The smallest absolute Gasteiger partial charge is 0.233 e. The van der Waals surface area contributed by atoms with Crippen molar-refractivity contribution in [1.29, 1.82) is 0 Å². The highest BCUT2D eigenvalue weighted by Crippen LogP contribution is 2.46. The van der Waals surface area contributed by atoms with Crippen molar-refractivity contribution in [3.8, 4) is 5.75 Å². The Morgan fingerprint density at radius 2 is 1.40 bits per heavy atom. The molecule has 4 aliphatic rings. The maximum atomic E-state index is 13.7. The van der Waals surface area contributed by atoms with Crippen molar-refractivity contribution in [1.82, 2.24) is 4.90 Å². The lowest BCUT2D eigenvalue weighted by molar-refractivity contribution is -0.953. The molecule has 0 radical (unpaired) electrons. The summed E-state index contributed by atoms with van der Waals surface area (Å²) in [6, 6.07) is 27.9. The molecule has 8 rings (SSSR count). The molecule has 1 amide bonds. The van der Waals surface area contributed by atoms with Crippen LogP contribution in [0.1, 0.15) is 47.2 Å². The third kappa shape index (κ3) is 7.14. The minimum atomic E-state index is -0.808. The van der Waals surface area contributed by atoms with E-state index in [0.717, 1.165) is 22.3 Å². The second-order valence-corrected chi connectivity index (χ2v) is 13.0. The van der Waals surface area contributed by atoms with Gasteiger partial charge in [-0.1, -0.05) is 48.5 Å². The Balaban J connectivity index is 0.00000386. The van der Waals surface area contributed by atoms with Gasteiger partial charge >= 0.3 is 0 Å². The number of carbonyl (C=O) groups is 1. The van der Waals surface area contributed by atoms with Gasteiger partial charge in [0.2, 0.25) is 5.91 Å². The molecule has 4 saturated heterocycles. The molecule has 0 spiro atoms. The highest BCUT2D eigenvalue weighted by molar-refractivity contribution is 6.03. The Hall–Kier alpha value is -3.63. The van der Waals surface area contributed by atoms with E-state index in [2.05, 4.69) is 29.2 Å². The van der Waals surface area contributed by atoms with E-state index >= 15 is 0 Å². The lowest BCUT2D eigenvalue weighted by Crippen LogP contribution is -3.00. The number of rotatable bonds is 11. The number of amides is 1. The van der Waals surface area contributed by atoms with Gasteiger partial charge in [0.05, 0.1) is 37.7 Å². The van der Waals surface area contributed by atoms with Gasteiger partial charge in [-0.05, 0) is 78.1 Å². The summed E-state index contributed by atoms with van der Waals surface area (Å²) >= 11 is 0. The fourth-order valence-electron chi connectivity index (χ4n) is 7.39. The van der Waals surface area contributed by atoms with Crippen LogP contribution >= 0.6 is 0 Å². The average Bonchev–Trinajstić information content (AvgIpc) is 3.09. The summed E-state index contributed by atoms with van der Waals surface area (Å²) in [5, 5.41) is 10.8. The maximum absolute atomic E-state index is 13.7. The summed E-state index contributed by atoms with van der Waals surface area (Å²) in [6.07, 6.45) is -0.00143. The van der Waals surface area contributed by atoms with Gasteiger partial charge in [-0.3, -0.25) is 9.69 Å². The lowest BCUT2D eigenvalue weighted by Gasteiger charge is -2.50. The van der Waals surface area contributed by atoms with Gasteiger partial charge < -0.3 is 36.2 Å². The van der Waals surface area contributed by atoms with E-state index in [0.29, 0.717) is 30.7 Å². The van der Waals surface area contributed by atoms with E-state index < -0.39 is 6.10 Å². The summed E-state index contributed by atoms with van der Waals surface area (Å²) < 4.78 is 34.5. The Labute approximate surface area is 285 Å². The molecule has 4 aromatic carbocycles. The van der Waals surface area contributed by atoms with Gasteiger partial charge in [0, 0.05) is 30.9 Å². The van der Waals surface area contributed by atoms with Crippen molar-refractivity contribution in [3.63, 3.8) is 0 Å². The molecule has 0 aliphatic carbocycles. The van der Waals surface area contributed by atoms with E-state index in [1.54, 1.807) is 29.2 Å². The number of benzene rings is 4. The molecular formula is C38H40BrF2N3O3. The van der Waals surface area contributed by atoms with Crippen LogP contribution in [0.25, 0.3) is 0 Å². The minimum Gasteiger partial charge on any atom is -1.00 e. The normalized spacial score (nSPS) is 23.9. The summed E-state index contributed by atoms with van der Waals surface area (Å²) in [7, 11) is 0. The zero-order valence-corrected chi connectivity index (χ0v) is 27.9. The summed E-state index contributed by atoms with van der Waals surface area (Å²) in [6.45, 7) is 8.71. The zero-order chi connectivity index (χ0) is 31.7. The van der Waals surface area contributed by atoms with Crippen molar-refractivity contribution in [2.45, 2.75) is 38.1 Å². The summed E-state index contributed by atoms with van der Waals surface area (Å²) in [4.78, 5) is 17.7. The number of β-lactam (4-membered cyclic amide) rings is 1. The second-order valence-electron chi connectivity index (χ2n) is 13.0. The molecule has 4 aromatic rings. The van der Waals surface area contributed by atoms with Crippen LogP contribution in [0.4, 0.5) is 14.5 Å². The topological polar surface area (TPSA) is 53.0 Å². The van der Waals surface area contributed by atoms with E-state index in [4.69, 9.17) is 4.74 Å². The van der Waals surface area contributed by atoms with Gasteiger partial charge in [0.15, 0.2) is 0 Å². The van der Waals surface area contributed by atoms with Crippen LogP contribution in [-0.2, 0) is 17.9 Å². The molecule has 9 heteroatoms. The van der Waals surface area contributed by atoms with E-state index in [1.165, 1.54) is 74.7 Å². The number of aliphatic hydroxyl groups is 1. The van der Waals surface area contributed by atoms with Crippen LogP contribution < -0.4 is 26.6 Å². The number of hydrogen-bond donors (Lipinski definition) is 1. The first kappa shape index (κ1) is 33.3. The molecule has 3 unspecified atom stereocenters. The number of piperazine rings is 3. The van der Waals surface area contributed by atoms with Crippen LogP contribution in [0.5, 0.6) is 5.75 Å². The first-order valence-corrected chi connectivity index (χ1v) is 16.3. The number of carbonyl (C=O) groups excluding carboxylic acids is 1. The first-order chi connectivity index (χ1) is 22.4. The van der Waals surface area contributed by atoms with E-state index in [9.17, 15) is 18.7 Å². The monoisotopic (exact) mass is 703 g/mol. The molecule has 4 aliphatic heterocycles. The Morgan fingerprint density at radius 1 is 0.809 bits per heavy atom. The summed E-state index contributed by atoms with van der Waals surface area (Å²) in [5.74, 6) is -0.401. The lowest BCUT2D eigenvalue weighted by atomic mass is 9.78. The van der Waals surface area contributed by atoms with Crippen LogP contribution in [0.3, 0.4) is 0 Å². The minimum absolute atomic E-state index is 0. The molecule has 3 atom stereocenters. The number of anilines is 1. The third-order valence-electron chi connectivity index (χ3n) is 10.2. The number of quaternary nitrogens is 1. The molecule has 4 heterocycles. The average molecular weight is 705 g/mol. The van der Waals surface area contributed by atoms with Crippen molar-refractivity contribution in [3.05, 3.63) is 131 Å². The highest BCUT2D eigenvalue weighted by atomic mass is 79.9. The fraction of sp³-hybridized carbons (Fsp3) is 0.342. The molecular weight excluding hydrogens is 664 g/mol. The number of hydrogen-bond acceptors (Lipinski definition) is 4. The number of nitrogens with zero attached hydrogens (tertiary/aromatic N) is 3. The molecule has 47 heavy (non-hydrogen) atoms. The van der Waals surface area contributed by atoms with Crippen molar-refractivity contribution >= 4 is 11.6 Å². The first-order valence-electron chi connectivity index (χ1n) is 16.3. The predicted octanol–water partition coefficient (Wildman–Crippen LogP) is 3.41. The number of ether oxygens (including phenoxy) is 1. The van der Waals surface area contributed by atoms with Gasteiger partial charge in [0.25, 0.3) is 0 Å². The predicted molar refractivity (Wildman–Crippen MR) is 173 cm³/mol. The van der Waals surface area contributed by atoms with Gasteiger partial charge in [-0.15, -0.1) is 0 Å². The number of fused-ring (bicyclic) bond motifs is 3. The standard InChI is InChI=1S/C38H40F2N3O3.BrH/c39-31-9-5-27(6-10-31)36(44)18-17-35-37(42(38(35)45)33-13-11-32(40)12-14-33)28-7-15-34(16-8-28)46-26-30-4-2-1-3-29(30)25-43-22-19-41(20-23-43)21-24-43;/h1-16,35-37,44H,17-26H2;1H/q+1;/p-1. The molecule has 0 aromatic heterocycles. The van der Waals surface area contributed by atoms with E-state index in [1.807, 2.05) is 24.3 Å². The van der Waals surface area contributed by atoms with Gasteiger partial charge in [-0.2, -0.15) is 0 Å². The quantitative estimate of drug-likeness (QED) is 0.192. The van der Waals surface area contributed by atoms with Crippen molar-refractivity contribution in [2.24, 2.45) is 5.92 Å². The maximum Gasteiger partial charge on any atom is 0.233 e. The molecule has 4 fully saturated rings. The fourth-order valence-corrected chi connectivity index (χ4v) is 7.39. The molecule has 2 bridgehead atoms. The number of halogens is 3. The van der Waals surface area contributed by atoms with Gasteiger partial charge in [0.1, 0.15) is 30.5 Å². The largest absolute Gasteiger partial charge is 1.00 e. The Morgan fingerprint density at radius 3 is 2.04 bits per heavy atom. The van der Waals surface area contributed by atoms with E-state index in [-0.39, 0.29) is 46.5 Å². The third-order valence-corrected chi connectivity index (χ3v) is 10.2. The van der Waals surface area contributed by atoms with Crippen LogP contribution in [0.15, 0.2) is 97.1 Å². The SMILES string of the molecule is O=C1C(CCC(O)c2ccc(F)cc2)C(c2ccc(OCc3ccccc3C[N+]34CCN(CC3)CC4)cc2)N1c1ccc(F)cc1.[Br-]. The molecule has 6 nitrogen and oxygen atoms in total.